The van der Waals surface area contributed by atoms with Crippen molar-refractivity contribution < 1.29 is 59.2 Å². The van der Waals surface area contributed by atoms with Crippen LogP contribution in [0.15, 0.2) is 76.0 Å². The van der Waals surface area contributed by atoms with Crippen molar-refractivity contribution in [1.29, 1.82) is 0 Å². The van der Waals surface area contributed by atoms with E-state index in [2.05, 4.69) is 0 Å². The molecule has 3 aromatic carbocycles. The fourth-order valence-corrected chi connectivity index (χ4v) is 4.46. The van der Waals surface area contributed by atoms with Gasteiger partial charge in [-0.3, -0.25) is 4.79 Å². The third-order valence-electron chi connectivity index (χ3n) is 6.68. The summed E-state index contributed by atoms with van der Waals surface area (Å²) in [4.78, 5) is 25.4. The highest BCUT2D eigenvalue weighted by Gasteiger charge is 2.48. The van der Waals surface area contributed by atoms with E-state index in [1.165, 1.54) is 42.5 Å². The lowest BCUT2D eigenvalue weighted by molar-refractivity contribution is -0.281. The van der Waals surface area contributed by atoms with Crippen molar-refractivity contribution >= 4 is 23.0 Å². The highest BCUT2D eigenvalue weighted by molar-refractivity contribution is 5.87. The Morgan fingerprint density at radius 3 is 2.33 bits per heavy atom. The zero-order valence-electron chi connectivity index (χ0n) is 22.1. The highest BCUT2D eigenvalue weighted by atomic mass is 16.7. The van der Waals surface area contributed by atoms with Crippen LogP contribution in [0, 0.1) is 0 Å². The minimum Gasteiger partial charge on any atom is -0.508 e. The molecule has 5 rings (SSSR count). The number of carbonyl (C=O) groups excluding carboxylic acids is 1. The zero-order chi connectivity index (χ0) is 30.8. The van der Waals surface area contributed by atoms with E-state index in [0.717, 1.165) is 18.2 Å². The van der Waals surface area contributed by atoms with Gasteiger partial charge in [0.1, 0.15) is 52.3 Å². The van der Waals surface area contributed by atoms with Crippen molar-refractivity contribution in [3.63, 3.8) is 0 Å². The van der Waals surface area contributed by atoms with Gasteiger partial charge in [0.05, 0.1) is 6.61 Å². The molecule has 2 heterocycles. The second kappa shape index (κ2) is 12.0. The molecule has 7 N–H and O–H groups in total. The summed E-state index contributed by atoms with van der Waals surface area (Å²) < 4.78 is 22.5. The van der Waals surface area contributed by atoms with Crippen molar-refractivity contribution in [1.82, 2.24) is 0 Å². The summed E-state index contributed by atoms with van der Waals surface area (Å²) >= 11 is 0. The molecule has 13 nitrogen and oxygen atoms in total. The van der Waals surface area contributed by atoms with Gasteiger partial charge in [-0.2, -0.15) is 0 Å². The average molecular weight is 595 g/mol. The molecule has 1 aliphatic heterocycles. The van der Waals surface area contributed by atoms with E-state index in [1.807, 2.05) is 0 Å². The predicted octanol–water partition coefficient (Wildman–Crippen LogP) is 1.73. The maximum absolute atomic E-state index is 12.8. The minimum atomic E-state index is -1.76. The minimum absolute atomic E-state index is 0.00984. The van der Waals surface area contributed by atoms with Gasteiger partial charge in [-0.25, -0.2) is 4.79 Å². The number of aliphatic hydroxyl groups is 3. The third-order valence-corrected chi connectivity index (χ3v) is 6.68. The maximum Gasteiger partial charge on any atom is 0.331 e. The lowest BCUT2D eigenvalue weighted by Gasteiger charge is -2.41. The fourth-order valence-electron chi connectivity index (χ4n) is 4.46. The third kappa shape index (κ3) is 6.24. The molecule has 4 aromatic rings. The molecule has 0 radical (unpaired) electrons. The molecule has 13 heteroatoms. The first kappa shape index (κ1) is 29.4. The molecule has 0 aliphatic carbocycles. The Kier molecular flexibility index (Phi) is 8.23. The molecule has 1 aromatic heterocycles. The molecule has 0 spiro atoms. The second-order valence-corrected chi connectivity index (χ2v) is 9.64. The van der Waals surface area contributed by atoms with E-state index in [9.17, 15) is 45.3 Å². The SMILES string of the molecule is O=C(/C=C/c1ccc(O)cc1)O[C@H]1[C@H](Oc2cc(O)c3c(=O)cc(-c4ccc(O)c(O)c4)oc3c2)O[C@H](CO)[C@@H](O)[C@@H]1O. The lowest BCUT2D eigenvalue weighted by Crippen LogP contribution is -2.61. The molecule has 43 heavy (non-hydrogen) atoms. The molecular formula is C30H26O13. The second-order valence-electron chi connectivity index (χ2n) is 9.64. The van der Waals surface area contributed by atoms with Gasteiger partial charge < -0.3 is 54.4 Å². The Hall–Kier alpha value is -5.08. The predicted molar refractivity (Wildman–Crippen MR) is 148 cm³/mol. The van der Waals surface area contributed by atoms with Crippen LogP contribution in [0.4, 0.5) is 0 Å². The summed E-state index contributed by atoms with van der Waals surface area (Å²) in [7, 11) is 0. The molecule has 0 amide bonds. The van der Waals surface area contributed by atoms with Gasteiger partial charge in [-0.15, -0.1) is 0 Å². The van der Waals surface area contributed by atoms with Crippen LogP contribution in [0.1, 0.15) is 5.56 Å². The molecule has 1 aliphatic rings. The molecule has 5 atom stereocenters. The lowest BCUT2D eigenvalue weighted by atomic mass is 9.99. The van der Waals surface area contributed by atoms with Gasteiger partial charge in [0.25, 0.3) is 0 Å². The summed E-state index contributed by atoms with van der Waals surface area (Å²) in [6.07, 6.45) is -5.55. The van der Waals surface area contributed by atoms with E-state index in [-0.39, 0.29) is 39.5 Å². The first-order valence-electron chi connectivity index (χ1n) is 12.8. The molecule has 0 unspecified atom stereocenters. The van der Waals surface area contributed by atoms with Crippen molar-refractivity contribution in [3.8, 4) is 40.1 Å². The fraction of sp³-hybridized carbons (Fsp3) is 0.200. The normalized spacial score (nSPS) is 22.1. The summed E-state index contributed by atoms with van der Waals surface area (Å²) in [5.74, 6) is -2.46. The number of rotatable bonds is 7. The number of benzene rings is 3. The van der Waals surface area contributed by atoms with Gasteiger partial charge >= 0.3 is 5.97 Å². The summed E-state index contributed by atoms with van der Waals surface area (Å²) in [5, 5.41) is 70.0. The average Bonchev–Trinajstić information content (AvgIpc) is 2.97. The molecular weight excluding hydrogens is 568 g/mol. The maximum atomic E-state index is 12.8. The zero-order valence-corrected chi connectivity index (χ0v) is 22.1. The Labute approximate surface area is 242 Å². The van der Waals surface area contributed by atoms with Gasteiger partial charge in [0, 0.05) is 29.8 Å². The molecule has 0 saturated carbocycles. The van der Waals surface area contributed by atoms with Crippen LogP contribution < -0.4 is 10.2 Å². The number of carbonyl (C=O) groups is 1. The molecule has 224 valence electrons. The number of phenolic OH excluding ortho intramolecular Hbond substituents is 4. The number of phenols is 4. The molecule has 1 fully saturated rings. The number of hydrogen-bond donors (Lipinski definition) is 7. The Balaban J connectivity index is 1.44. The van der Waals surface area contributed by atoms with Crippen LogP contribution in [-0.2, 0) is 14.3 Å². The highest BCUT2D eigenvalue weighted by Crippen LogP contribution is 2.35. The Bertz CT molecular complexity index is 1730. The van der Waals surface area contributed by atoms with Crippen LogP contribution in [0.2, 0.25) is 0 Å². The van der Waals surface area contributed by atoms with E-state index in [0.29, 0.717) is 5.56 Å². The van der Waals surface area contributed by atoms with Crippen molar-refractivity contribution in [2.24, 2.45) is 0 Å². The topological polar surface area (TPSA) is 217 Å². The van der Waals surface area contributed by atoms with Crippen LogP contribution in [0.3, 0.4) is 0 Å². The van der Waals surface area contributed by atoms with Crippen LogP contribution in [0.25, 0.3) is 28.4 Å². The number of ether oxygens (including phenoxy) is 3. The van der Waals surface area contributed by atoms with E-state index >= 15 is 0 Å². The van der Waals surface area contributed by atoms with E-state index in [1.54, 1.807) is 12.1 Å². The van der Waals surface area contributed by atoms with Gasteiger partial charge in [0.15, 0.2) is 23.0 Å². The Morgan fingerprint density at radius 2 is 1.63 bits per heavy atom. The quantitative estimate of drug-likeness (QED) is 0.0923. The van der Waals surface area contributed by atoms with Gasteiger partial charge in [0.2, 0.25) is 6.29 Å². The number of aromatic hydroxyl groups is 4. The van der Waals surface area contributed by atoms with E-state index in [4.69, 9.17) is 18.6 Å². The first-order chi connectivity index (χ1) is 20.5. The molecule has 0 bridgehead atoms. The standard InChI is InChI=1S/C30H26O13/c31-13-24-27(38)28(39)29(43-25(37)8-3-14-1-5-16(32)6-2-14)30(42-24)40-17-10-20(35)26-21(36)12-22(41-23(26)11-17)15-4-7-18(33)19(34)9-15/h1-12,24,27-35,38-39H,13H2/b8-3+/t24-,27-,28+,29-,30-/m1/s1. The van der Waals surface area contributed by atoms with Crippen molar-refractivity contribution in [2.45, 2.75) is 30.7 Å². The number of hydrogen-bond acceptors (Lipinski definition) is 13. The van der Waals surface area contributed by atoms with Crippen molar-refractivity contribution in [2.75, 3.05) is 6.61 Å². The molecule has 1 saturated heterocycles. The number of aliphatic hydroxyl groups excluding tert-OH is 3. The van der Waals surface area contributed by atoms with Gasteiger partial charge in [-0.1, -0.05) is 12.1 Å². The summed E-state index contributed by atoms with van der Waals surface area (Å²) in [6.45, 7) is -0.722. The monoisotopic (exact) mass is 594 g/mol. The summed E-state index contributed by atoms with van der Waals surface area (Å²) in [5.41, 5.74) is 0.0165. The Morgan fingerprint density at radius 1 is 0.884 bits per heavy atom. The number of fused-ring (bicyclic) bond motifs is 1. The number of esters is 1. The smallest absolute Gasteiger partial charge is 0.331 e. The van der Waals surface area contributed by atoms with Gasteiger partial charge in [-0.05, 0) is 42.0 Å². The largest absolute Gasteiger partial charge is 0.508 e. The summed E-state index contributed by atoms with van der Waals surface area (Å²) in [6, 6.07) is 13.0. The van der Waals surface area contributed by atoms with Crippen LogP contribution in [0.5, 0.6) is 28.7 Å². The van der Waals surface area contributed by atoms with Crippen molar-refractivity contribution in [3.05, 3.63) is 82.5 Å². The van der Waals surface area contributed by atoms with E-state index < -0.39 is 60.2 Å². The van der Waals surface area contributed by atoms with Crippen LogP contribution in [-0.4, -0.2) is 79.0 Å². The first-order valence-corrected chi connectivity index (χ1v) is 12.8. The van der Waals surface area contributed by atoms with Crippen LogP contribution >= 0.6 is 0 Å².